The number of amides is 2. The van der Waals surface area contributed by atoms with Crippen LogP contribution in [0.2, 0.25) is 0 Å². The van der Waals surface area contributed by atoms with Crippen LogP contribution >= 0.6 is 0 Å². The van der Waals surface area contributed by atoms with Gasteiger partial charge in [0.2, 0.25) is 0 Å². The number of anilines is 1. The monoisotopic (exact) mass is 383 g/mol. The van der Waals surface area contributed by atoms with Crippen molar-refractivity contribution < 1.29 is 19.1 Å². The summed E-state index contributed by atoms with van der Waals surface area (Å²) in [5.74, 6) is -0.631. The summed E-state index contributed by atoms with van der Waals surface area (Å²) in [6.45, 7) is 6.34. The third-order valence-corrected chi connectivity index (χ3v) is 4.76. The van der Waals surface area contributed by atoms with E-state index in [2.05, 4.69) is 5.32 Å². The maximum atomic E-state index is 13.1. The largest absolute Gasteiger partial charge is 0.372 e. The van der Waals surface area contributed by atoms with Gasteiger partial charge in [0, 0.05) is 31.9 Å². The molecule has 3 rings (SSSR count). The van der Waals surface area contributed by atoms with Gasteiger partial charge in [0.25, 0.3) is 11.8 Å². The molecule has 2 amide bonds. The van der Waals surface area contributed by atoms with Crippen LogP contribution in [0.4, 0.5) is 5.69 Å². The Bertz CT molecular complexity index is 908. The Balaban J connectivity index is 1.83. The molecule has 148 valence electrons. The van der Waals surface area contributed by atoms with Gasteiger partial charge in [0.1, 0.15) is 5.69 Å². The van der Waals surface area contributed by atoms with E-state index in [1.807, 2.05) is 13.8 Å². The van der Waals surface area contributed by atoms with Crippen LogP contribution in [0.5, 0.6) is 0 Å². The number of para-hydroxylation sites is 1. The van der Waals surface area contributed by atoms with Crippen molar-refractivity contribution in [2.45, 2.75) is 33.0 Å². The molecule has 0 radical (unpaired) electrons. The van der Waals surface area contributed by atoms with Gasteiger partial charge in [0.05, 0.1) is 23.5 Å². The average Bonchev–Trinajstić information content (AvgIpc) is 3.03. The average molecular weight is 383 g/mol. The minimum atomic E-state index is -0.376. The molecule has 2 heterocycles. The first kappa shape index (κ1) is 19.8. The first-order chi connectivity index (χ1) is 13.3. The molecule has 7 nitrogen and oxygen atoms in total. The van der Waals surface area contributed by atoms with Crippen LogP contribution < -0.4 is 5.32 Å². The number of carbonyl (C=O) groups is 3. The Morgan fingerprint density at radius 1 is 1.11 bits per heavy atom. The number of rotatable bonds is 4. The summed E-state index contributed by atoms with van der Waals surface area (Å²) in [6.07, 6.45) is 1.54. The minimum Gasteiger partial charge on any atom is -0.372 e. The Hall–Kier alpha value is -2.93. The van der Waals surface area contributed by atoms with Crippen molar-refractivity contribution in [3.8, 4) is 0 Å². The summed E-state index contributed by atoms with van der Waals surface area (Å²) in [4.78, 5) is 39.1. The van der Waals surface area contributed by atoms with E-state index in [1.165, 1.54) is 6.92 Å². The SMILES string of the molecule is CC(=O)c1cc(C(=O)Nc2ccccc2C(=O)N2C[C@@H](C)O[C@H](C)C2)n(C)c1. The number of Topliss-reactive ketones (excluding diaryl/α,β-unsaturated/α-hetero) is 1. The Kier molecular flexibility index (Phi) is 5.65. The second-order valence-electron chi connectivity index (χ2n) is 7.25. The van der Waals surface area contributed by atoms with E-state index in [9.17, 15) is 14.4 Å². The smallest absolute Gasteiger partial charge is 0.272 e. The van der Waals surface area contributed by atoms with Gasteiger partial charge >= 0.3 is 0 Å². The molecule has 0 aliphatic carbocycles. The van der Waals surface area contributed by atoms with Crippen molar-refractivity contribution in [1.29, 1.82) is 0 Å². The molecule has 0 spiro atoms. The number of ether oxygens (including phenoxy) is 1. The fraction of sp³-hybridized carbons (Fsp3) is 0.381. The van der Waals surface area contributed by atoms with Gasteiger partial charge in [-0.25, -0.2) is 0 Å². The highest BCUT2D eigenvalue weighted by atomic mass is 16.5. The van der Waals surface area contributed by atoms with Gasteiger partial charge in [-0.05, 0) is 39.0 Å². The second kappa shape index (κ2) is 7.98. The highest BCUT2D eigenvalue weighted by Crippen LogP contribution is 2.21. The van der Waals surface area contributed by atoms with Crippen LogP contribution in [-0.4, -0.2) is 52.4 Å². The predicted octanol–water partition coefficient (Wildman–Crippen LogP) is 2.73. The molecule has 1 N–H and O–H groups in total. The number of aryl methyl sites for hydroxylation is 1. The van der Waals surface area contributed by atoms with Crippen LogP contribution in [0.3, 0.4) is 0 Å². The molecule has 1 aromatic carbocycles. The molecule has 2 atom stereocenters. The van der Waals surface area contributed by atoms with E-state index >= 15 is 0 Å². The normalized spacial score (nSPS) is 19.4. The Morgan fingerprint density at radius 3 is 2.36 bits per heavy atom. The zero-order chi connectivity index (χ0) is 20.4. The third kappa shape index (κ3) is 4.14. The summed E-state index contributed by atoms with van der Waals surface area (Å²) >= 11 is 0. The number of carbonyl (C=O) groups excluding carboxylic acids is 3. The lowest BCUT2D eigenvalue weighted by Gasteiger charge is -2.35. The van der Waals surface area contributed by atoms with E-state index in [1.54, 1.807) is 53.0 Å². The number of benzene rings is 1. The van der Waals surface area contributed by atoms with E-state index in [4.69, 9.17) is 4.74 Å². The van der Waals surface area contributed by atoms with E-state index in [-0.39, 0.29) is 29.8 Å². The second-order valence-corrected chi connectivity index (χ2v) is 7.25. The Labute approximate surface area is 164 Å². The van der Waals surface area contributed by atoms with Crippen LogP contribution in [0.15, 0.2) is 36.5 Å². The summed E-state index contributed by atoms with van der Waals surface area (Å²) < 4.78 is 7.29. The van der Waals surface area contributed by atoms with E-state index < -0.39 is 0 Å². The van der Waals surface area contributed by atoms with Gasteiger partial charge in [-0.3, -0.25) is 14.4 Å². The summed E-state index contributed by atoms with van der Waals surface area (Å²) in [6, 6.07) is 8.49. The molecule has 0 bridgehead atoms. The fourth-order valence-corrected chi connectivity index (χ4v) is 3.46. The van der Waals surface area contributed by atoms with Gasteiger partial charge < -0.3 is 19.5 Å². The lowest BCUT2D eigenvalue weighted by atomic mass is 10.1. The molecule has 28 heavy (non-hydrogen) atoms. The van der Waals surface area contributed by atoms with Crippen molar-refractivity contribution in [3.63, 3.8) is 0 Å². The number of hydrogen-bond donors (Lipinski definition) is 1. The molecule has 1 aliphatic rings. The van der Waals surface area contributed by atoms with Gasteiger partial charge in [-0.15, -0.1) is 0 Å². The molecular formula is C21H25N3O4. The number of nitrogens with one attached hydrogen (secondary N) is 1. The topological polar surface area (TPSA) is 80.6 Å². The lowest BCUT2D eigenvalue weighted by molar-refractivity contribution is -0.0585. The molecule has 1 aliphatic heterocycles. The maximum absolute atomic E-state index is 13.1. The van der Waals surface area contributed by atoms with Crippen molar-refractivity contribution in [2.24, 2.45) is 7.05 Å². The van der Waals surface area contributed by atoms with Crippen molar-refractivity contribution in [2.75, 3.05) is 18.4 Å². The highest BCUT2D eigenvalue weighted by Gasteiger charge is 2.28. The molecule has 0 unspecified atom stereocenters. The first-order valence-electron chi connectivity index (χ1n) is 9.28. The molecular weight excluding hydrogens is 358 g/mol. The number of ketones is 1. The summed E-state index contributed by atoms with van der Waals surface area (Å²) in [5.41, 5.74) is 1.68. The quantitative estimate of drug-likeness (QED) is 0.823. The number of aromatic nitrogens is 1. The zero-order valence-electron chi connectivity index (χ0n) is 16.6. The predicted molar refractivity (Wildman–Crippen MR) is 106 cm³/mol. The summed E-state index contributed by atoms with van der Waals surface area (Å²) in [7, 11) is 1.70. The standard InChI is InChI=1S/C21H25N3O4/c1-13-10-24(11-14(2)28-13)21(27)17-7-5-6-8-18(17)22-20(26)19-9-16(15(3)25)12-23(19)4/h5-9,12-14H,10-11H2,1-4H3,(H,22,26)/t13-,14-/m1/s1. The van der Waals surface area contributed by atoms with E-state index in [0.717, 1.165) is 0 Å². The van der Waals surface area contributed by atoms with Crippen LogP contribution in [0.25, 0.3) is 0 Å². The molecule has 1 fully saturated rings. The number of nitrogens with zero attached hydrogens (tertiary/aromatic N) is 2. The van der Waals surface area contributed by atoms with Gasteiger partial charge in [-0.2, -0.15) is 0 Å². The molecule has 2 aromatic rings. The van der Waals surface area contributed by atoms with Gasteiger partial charge in [-0.1, -0.05) is 12.1 Å². The lowest BCUT2D eigenvalue weighted by Crippen LogP contribution is -2.48. The Morgan fingerprint density at radius 2 is 1.75 bits per heavy atom. The maximum Gasteiger partial charge on any atom is 0.272 e. The molecule has 1 saturated heterocycles. The van der Waals surface area contributed by atoms with Crippen LogP contribution in [-0.2, 0) is 11.8 Å². The van der Waals surface area contributed by atoms with Crippen molar-refractivity contribution in [1.82, 2.24) is 9.47 Å². The number of hydrogen-bond acceptors (Lipinski definition) is 4. The highest BCUT2D eigenvalue weighted by molar-refractivity contribution is 6.09. The number of morpholine rings is 1. The minimum absolute atomic E-state index is 0.0391. The molecule has 7 heteroatoms. The van der Waals surface area contributed by atoms with Gasteiger partial charge in [0.15, 0.2) is 5.78 Å². The van der Waals surface area contributed by atoms with Crippen molar-refractivity contribution in [3.05, 3.63) is 53.3 Å². The third-order valence-electron chi connectivity index (χ3n) is 4.76. The fourth-order valence-electron chi connectivity index (χ4n) is 3.46. The van der Waals surface area contributed by atoms with Crippen molar-refractivity contribution >= 4 is 23.3 Å². The zero-order valence-corrected chi connectivity index (χ0v) is 16.6. The van der Waals surface area contributed by atoms with E-state index in [0.29, 0.717) is 35.6 Å². The molecule has 0 saturated carbocycles. The molecule has 1 aromatic heterocycles. The summed E-state index contributed by atoms with van der Waals surface area (Å²) in [5, 5.41) is 2.81. The first-order valence-corrected chi connectivity index (χ1v) is 9.28. The van der Waals surface area contributed by atoms with Crippen LogP contribution in [0, 0.1) is 0 Å². The van der Waals surface area contributed by atoms with Crippen LogP contribution in [0.1, 0.15) is 52.0 Å².